The molecular formula is C12H16BrNO2S. The van der Waals surface area contributed by atoms with E-state index in [0.29, 0.717) is 6.54 Å². The average molecular weight is 318 g/mol. The Bertz CT molecular complexity index is 380. The van der Waals surface area contributed by atoms with Gasteiger partial charge in [-0.25, -0.2) is 0 Å². The van der Waals surface area contributed by atoms with Gasteiger partial charge in [-0.2, -0.15) is 0 Å². The Morgan fingerprint density at radius 3 is 3.06 bits per heavy atom. The molecule has 0 aromatic carbocycles. The van der Waals surface area contributed by atoms with Gasteiger partial charge in [-0.05, 0) is 53.7 Å². The summed E-state index contributed by atoms with van der Waals surface area (Å²) < 4.78 is 6.60. The Morgan fingerprint density at radius 2 is 2.47 bits per heavy atom. The molecule has 0 radical (unpaired) electrons. The summed E-state index contributed by atoms with van der Waals surface area (Å²) >= 11 is 4.90. The number of hydrogen-bond donors (Lipinski definition) is 1. The molecule has 2 heterocycles. The van der Waals surface area contributed by atoms with Crippen molar-refractivity contribution in [3.8, 4) is 0 Å². The number of carbonyl (C=O) groups excluding carboxylic acids is 1. The minimum atomic E-state index is -0.00188. The molecule has 0 bridgehead atoms. The summed E-state index contributed by atoms with van der Waals surface area (Å²) in [6, 6.07) is 1.91. The van der Waals surface area contributed by atoms with Gasteiger partial charge < -0.3 is 10.1 Å². The molecule has 3 nitrogen and oxygen atoms in total. The van der Waals surface area contributed by atoms with Crippen molar-refractivity contribution in [3.05, 3.63) is 20.3 Å². The van der Waals surface area contributed by atoms with E-state index in [0.717, 1.165) is 33.7 Å². The first kappa shape index (κ1) is 13.1. The van der Waals surface area contributed by atoms with Crippen LogP contribution in [0.25, 0.3) is 0 Å². The Labute approximate surface area is 114 Å². The number of hydrogen-bond acceptors (Lipinski definition) is 3. The fourth-order valence-electron chi connectivity index (χ4n) is 1.83. The zero-order chi connectivity index (χ0) is 12.3. The van der Waals surface area contributed by atoms with E-state index in [9.17, 15) is 4.79 Å². The van der Waals surface area contributed by atoms with Gasteiger partial charge in [0.25, 0.3) is 5.91 Å². The smallest absolute Gasteiger partial charge is 0.261 e. The molecule has 1 aliphatic heterocycles. The van der Waals surface area contributed by atoms with Gasteiger partial charge in [0.05, 0.1) is 14.8 Å². The number of thiophene rings is 1. The van der Waals surface area contributed by atoms with Crippen LogP contribution >= 0.6 is 27.3 Å². The molecule has 1 N–H and O–H groups in total. The van der Waals surface area contributed by atoms with Gasteiger partial charge >= 0.3 is 0 Å². The maximum Gasteiger partial charge on any atom is 0.261 e. The molecule has 1 fully saturated rings. The maximum absolute atomic E-state index is 11.9. The lowest BCUT2D eigenvalue weighted by Gasteiger charge is -2.22. The molecule has 1 aromatic rings. The van der Waals surface area contributed by atoms with E-state index in [4.69, 9.17) is 4.74 Å². The minimum absolute atomic E-state index is 0.00188. The lowest BCUT2D eigenvalue weighted by atomic mass is 10.1. The van der Waals surface area contributed by atoms with Crippen molar-refractivity contribution in [2.45, 2.75) is 32.3 Å². The van der Waals surface area contributed by atoms with Gasteiger partial charge in [-0.3, -0.25) is 4.79 Å². The Kier molecular flexibility index (Phi) is 4.59. The molecule has 0 spiro atoms. The van der Waals surface area contributed by atoms with Crippen molar-refractivity contribution in [2.75, 3.05) is 13.2 Å². The summed E-state index contributed by atoms with van der Waals surface area (Å²) in [6.45, 7) is 3.43. The third-order valence-corrected chi connectivity index (χ3v) is 4.98. The van der Waals surface area contributed by atoms with Gasteiger partial charge in [0.1, 0.15) is 0 Å². The monoisotopic (exact) mass is 317 g/mol. The topological polar surface area (TPSA) is 38.3 Å². The van der Waals surface area contributed by atoms with Crippen LogP contribution in [-0.2, 0) is 4.74 Å². The van der Waals surface area contributed by atoms with Crippen LogP contribution in [0.15, 0.2) is 9.85 Å². The SMILES string of the molecule is Cc1cc(C(=O)NCC2CCCCO2)sc1Br. The molecule has 1 atom stereocenters. The second-order valence-electron chi connectivity index (χ2n) is 4.27. The predicted molar refractivity (Wildman–Crippen MR) is 72.7 cm³/mol. The highest BCUT2D eigenvalue weighted by Gasteiger charge is 2.16. The molecule has 0 saturated carbocycles. The summed E-state index contributed by atoms with van der Waals surface area (Å²) in [7, 11) is 0. The standard InChI is InChI=1S/C12H16BrNO2S/c1-8-6-10(17-11(8)13)12(15)14-7-9-4-2-3-5-16-9/h6,9H,2-5,7H2,1H3,(H,14,15). The van der Waals surface area contributed by atoms with Crippen molar-refractivity contribution >= 4 is 33.2 Å². The average Bonchev–Trinajstić information content (AvgIpc) is 2.68. The third kappa shape index (κ3) is 3.53. The van der Waals surface area contributed by atoms with E-state index in [2.05, 4.69) is 21.2 Å². The van der Waals surface area contributed by atoms with Crippen molar-refractivity contribution in [2.24, 2.45) is 0 Å². The quantitative estimate of drug-likeness (QED) is 0.930. The number of aryl methyl sites for hydroxylation is 1. The summed E-state index contributed by atoms with van der Waals surface area (Å²) in [5.74, 6) is -0.00188. The fourth-order valence-corrected chi connectivity index (χ4v) is 3.29. The largest absolute Gasteiger partial charge is 0.376 e. The third-order valence-electron chi connectivity index (χ3n) is 2.85. The van der Waals surface area contributed by atoms with E-state index in [1.165, 1.54) is 17.8 Å². The Morgan fingerprint density at radius 1 is 1.65 bits per heavy atom. The first-order valence-electron chi connectivity index (χ1n) is 5.82. The summed E-state index contributed by atoms with van der Waals surface area (Å²) in [5.41, 5.74) is 1.11. The van der Waals surface area contributed by atoms with Crippen molar-refractivity contribution in [1.29, 1.82) is 0 Å². The first-order valence-corrected chi connectivity index (χ1v) is 7.43. The van der Waals surface area contributed by atoms with Crippen LogP contribution in [0.2, 0.25) is 0 Å². The van der Waals surface area contributed by atoms with Crippen LogP contribution in [-0.4, -0.2) is 25.2 Å². The number of amides is 1. The lowest BCUT2D eigenvalue weighted by Crippen LogP contribution is -2.35. The van der Waals surface area contributed by atoms with Crippen LogP contribution in [0.3, 0.4) is 0 Å². The van der Waals surface area contributed by atoms with Crippen molar-refractivity contribution in [1.82, 2.24) is 5.32 Å². The zero-order valence-corrected chi connectivity index (χ0v) is 12.2. The summed E-state index contributed by atoms with van der Waals surface area (Å²) in [5, 5.41) is 2.93. The molecule has 1 unspecified atom stereocenters. The van der Waals surface area contributed by atoms with Gasteiger partial charge in [0, 0.05) is 13.2 Å². The molecule has 1 amide bonds. The van der Waals surface area contributed by atoms with Crippen LogP contribution in [0.4, 0.5) is 0 Å². The first-order chi connectivity index (χ1) is 8.16. The van der Waals surface area contributed by atoms with Crippen molar-refractivity contribution in [3.63, 3.8) is 0 Å². The van der Waals surface area contributed by atoms with E-state index < -0.39 is 0 Å². The molecule has 2 rings (SSSR count). The minimum Gasteiger partial charge on any atom is -0.376 e. The molecule has 0 aliphatic carbocycles. The summed E-state index contributed by atoms with van der Waals surface area (Å²) in [6.07, 6.45) is 3.58. The fraction of sp³-hybridized carbons (Fsp3) is 0.583. The summed E-state index contributed by atoms with van der Waals surface area (Å²) in [4.78, 5) is 12.6. The van der Waals surface area contributed by atoms with E-state index >= 15 is 0 Å². The Hall–Kier alpha value is -0.390. The number of ether oxygens (including phenoxy) is 1. The van der Waals surface area contributed by atoms with E-state index in [1.807, 2.05) is 13.0 Å². The van der Waals surface area contributed by atoms with E-state index in [-0.39, 0.29) is 12.0 Å². The number of rotatable bonds is 3. The lowest BCUT2D eigenvalue weighted by molar-refractivity contribution is 0.0169. The highest BCUT2D eigenvalue weighted by Crippen LogP contribution is 2.27. The Balaban J connectivity index is 1.84. The van der Waals surface area contributed by atoms with Crippen molar-refractivity contribution < 1.29 is 9.53 Å². The van der Waals surface area contributed by atoms with E-state index in [1.54, 1.807) is 0 Å². The molecule has 1 saturated heterocycles. The molecule has 94 valence electrons. The van der Waals surface area contributed by atoms with Crippen LogP contribution in [0.1, 0.15) is 34.5 Å². The van der Waals surface area contributed by atoms with Crippen LogP contribution in [0, 0.1) is 6.92 Å². The molecular weight excluding hydrogens is 302 g/mol. The predicted octanol–water partition coefficient (Wildman–Crippen LogP) is 3.12. The molecule has 5 heteroatoms. The van der Waals surface area contributed by atoms with Gasteiger partial charge in [0.2, 0.25) is 0 Å². The molecule has 1 aromatic heterocycles. The highest BCUT2D eigenvalue weighted by atomic mass is 79.9. The second kappa shape index (κ2) is 5.98. The van der Waals surface area contributed by atoms with Gasteiger partial charge in [0.15, 0.2) is 0 Å². The van der Waals surface area contributed by atoms with Gasteiger partial charge in [-0.1, -0.05) is 0 Å². The van der Waals surface area contributed by atoms with Crippen LogP contribution < -0.4 is 5.32 Å². The normalized spacial score (nSPS) is 20.2. The maximum atomic E-state index is 11.9. The zero-order valence-electron chi connectivity index (χ0n) is 9.79. The second-order valence-corrected chi connectivity index (χ2v) is 6.64. The number of halogens is 1. The van der Waals surface area contributed by atoms with Gasteiger partial charge in [-0.15, -0.1) is 11.3 Å². The highest BCUT2D eigenvalue weighted by molar-refractivity contribution is 9.11. The molecule has 17 heavy (non-hydrogen) atoms. The number of carbonyl (C=O) groups is 1. The van der Waals surface area contributed by atoms with Crippen LogP contribution in [0.5, 0.6) is 0 Å². The number of nitrogens with one attached hydrogen (secondary N) is 1. The molecule has 1 aliphatic rings.